The molecule has 0 saturated heterocycles. The summed E-state index contributed by atoms with van der Waals surface area (Å²) in [7, 11) is 0. The number of aliphatic imine (C=N–C) groups is 2. The molecule has 4 heteroatoms. The molecule has 0 radical (unpaired) electrons. The van der Waals surface area contributed by atoms with Crippen LogP contribution in [0, 0.1) is 0 Å². The summed E-state index contributed by atoms with van der Waals surface area (Å²) in [5.41, 5.74) is 16.6. The molecule has 26 heavy (non-hydrogen) atoms. The first kappa shape index (κ1) is 18.9. The fraction of sp³-hybridized carbons (Fsp3) is 0.0909. The summed E-state index contributed by atoms with van der Waals surface area (Å²) in [4.78, 5) is 8.32. The van der Waals surface area contributed by atoms with Crippen LogP contribution < -0.4 is 11.5 Å². The Morgan fingerprint density at radius 2 is 1.54 bits per heavy atom. The molecular formula is C22H24N4. The fourth-order valence-corrected chi connectivity index (χ4v) is 2.29. The number of benzene rings is 2. The largest absolute Gasteiger partial charge is 0.397 e. The van der Waals surface area contributed by atoms with E-state index in [1.54, 1.807) is 6.21 Å². The van der Waals surface area contributed by atoms with Crippen molar-refractivity contribution in [1.29, 1.82) is 0 Å². The first-order chi connectivity index (χ1) is 12.7. The number of hydrogen-bond donors (Lipinski definition) is 2. The van der Waals surface area contributed by atoms with Crippen LogP contribution >= 0.6 is 0 Å². The highest BCUT2D eigenvalue weighted by molar-refractivity contribution is 5.82. The molecule has 0 unspecified atom stereocenters. The van der Waals surface area contributed by atoms with E-state index in [1.807, 2.05) is 66.8 Å². The van der Waals surface area contributed by atoms with E-state index < -0.39 is 0 Å². The van der Waals surface area contributed by atoms with Crippen LogP contribution in [0.25, 0.3) is 11.1 Å². The average Bonchev–Trinajstić information content (AvgIpc) is 2.65. The second-order valence-electron chi connectivity index (χ2n) is 5.59. The molecule has 2 aromatic carbocycles. The third-order valence-corrected chi connectivity index (χ3v) is 3.68. The third kappa shape index (κ3) is 5.31. The van der Waals surface area contributed by atoms with Gasteiger partial charge in [-0.05, 0) is 54.6 Å². The molecule has 0 spiro atoms. The normalized spacial score (nSPS) is 12.0. The van der Waals surface area contributed by atoms with Crippen LogP contribution in [0.2, 0.25) is 0 Å². The van der Waals surface area contributed by atoms with Crippen molar-refractivity contribution in [3.63, 3.8) is 0 Å². The molecule has 0 atom stereocenters. The first-order valence-electron chi connectivity index (χ1n) is 8.44. The van der Waals surface area contributed by atoms with Gasteiger partial charge in [-0.15, -0.1) is 0 Å². The van der Waals surface area contributed by atoms with E-state index in [4.69, 9.17) is 11.5 Å². The zero-order valence-electron chi connectivity index (χ0n) is 15.0. The molecule has 4 nitrogen and oxygen atoms in total. The number of rotatable bonds is 7. The van der Waals surface area contributed by atoms with Gasteiger partial charge in [0.1, 0.15) is 0 Å². The van der Waals surface area contributed by atoms with Crippen molar-refractivity contribution >= 4 is 35.7 Å². The Morgan fingerprint density at radius 1 is 0.846 bits per heavy atom. The molecule has 0 fully saturated rings. The second-order valence-corrected chi connectivity index (χ2v) is 5.59. The Bertz CT molecular complexity index is 874. The summed E-state index contributed by atoms with van der Waals surface area (Å²) >= 11 is 0. The van der Waals surface area contributed by atoms with Gasteiger partial charge in [0.05, 0.1) is 22.7 Å². The maximum atomic E-state index is 6.03. The zero-order valence-corrected chi connectivity index (χ0v) is 15.0. The lowest BCUT2D eigenvalue weighted by atomic mass is 10.0. The topological polar surface area (TPSA) is 76.8 Å². The van der Waals surface area contributed by atoms with E-state index in [1.165, 1.54) is 0 Å². The van der Waals surface area contributed by atoms with Crippen LogP contribution in [0.5, 0.6) is 0 Å². The summed E-state index contributed by atoms with van der Waals surface area (Å²) in [6.45, 7) is 5.61. The highest BCUT2D eigenvalue weighted by atomic mass is 14.8. The number of nitrogen functional groups attached to an aromatic ring is 2. The lowest BCUT2D eigenvalue weighted by molar-refractivity contribution is 1.22. The first-order valence-corrected chi connectivity index (χ1v) is 8.44. The van der Waals surface area contributed by atoms with Crippen LogP contribution in [0.15, 0.2) is 82.8 Å². The number of nitrogens with two attached hydrogens (primary N) is 2. The van der Waals surface area contributed by atoms with Crippen molar-refractivity contribution in [1.82, 2.24) is 0 Å². The molecule has 0 amide bonds. The molecule has 0 saturated carbocycles. The maximum absolute atomic E-state index is 6.03. The predicted octanol–water partition coefficient (Wildman–Crippen LogP) is 5.63. The summed E-state index contributed by atoms with van der Waals surface area (Å²) in [6, 6.07) is 11.4. The van der Waals surface area contributed by atoms with Crippen molar-refractivity contribution < 1.29 is 0 Å². The SMILES string of the molecule is C=Nc1ccc(-c2ccc(N)c(N=C/C=C/C=C\C=C/CC)c2)cc1N. The molecule has 0 aliphatic carbocycles. The molecule has 0 aliphatic rings. The molecule has 0 bridgehead atoms. The van der Waals surface area contributed by atoms with E-state index in [0.717, 1.165) is 17.5 Å². The lowest BCUT2D eigenvalue weighted by Gasteiger charge is -2.07. The van der Waals surface area contributed by atoms with Crippen molar-refractivity contribution in [3.8, 4) is 11.1 Å². The molecular weight excluding hydrogens is 320 g/mol. The fourth-order valence-electron chi connectivity index (χ4n) is 2.29. The van der Waals surface area contributed by atoms with Crippen molar-refractivity contribution in [2.24, 2.45) is 9.98 Å². The number of nitrogens with zero attached hydrogens (tertiary/aromatic N) is 2. The quantitative estimate of drug-likeness (QED) is 0.388. The van der Waals surface area contributed by atoms with Gasteiger partial charge < -0.3 is 11.5 Å². The Morgan fingerprint density at radius 3 is 2.27 bits per heavy atom. The highest BCUT2D eigenvalue weighted by Crippen LogP contribution is 2.32. The third-order valence-electron chi connectivity index (χ3n) is 3.68. The number of hydrogen-bond acceptors (Lipinski definition) is 4. The van der Waals surface area contributed by atoms with Gasteiger partial charge in [-0.2, -0.15) is 0 Å². The lowest BCUT2D eigenvalue weighted by Crippen LogP contribution is -1.89. The summed E-state index contributed by atoms with van der Waals surface area (Å²) < 4.78 is 0. The van der Waals surface area contributed by atoms with Crippen LogP contribution in [-0.2, 0) is 0 Å². The predicted molar refractivity (Wildman–Crippen MR) is 116 cm³/mol. The van der Waals surface area contributed by atoms with Crippen LogP contribution in [0.4, 0.5) is 22.7 Å². The average molecular weight is 344 g/mol. The molecule has 2 aromatic rings. The van der Waals surface area contributed by atoms with E-state index in [-0.39, 0.29) is 0 Å². The van der Waals surface area contributed by atoms with Gasteiger partial charge in [0.2, 0.25) is 0 Å². The van der Waals surface area contributed by atoms with E-state index in [9.17, 15) is 0 Å². The molecule has 4 N–H and O–H groups in total. The van der Waals surface area contributed by atoms with Gasteiger partial charge in [-0.25, -0.2) is 0 Å². The minimum atomic E-state index is 0.589. The Balaban J connectivity index is 2.17. The summed E-state index contributed by atoms with van der Waals surface area (Å²) in [6.07, 6.45) is 14.6. The summed E-state index contributed by atoms with van der Waals surface area (Å²) in [5.74, 6) is 0. The maximum Gasteiger partial charge on any atom is 0.0865 e. The minimum absolute atomic E-state index is 0.589. The summed E-state index contributed by atoms with van der Waals surface area (Å²) in [5, 5.41) is 0. The van der Waals surface area contributed by atoms with Gasteiger partial charge in [-0.3, -0.25) is 9.98 Å². The van der Waals surface area contributed by atoms with Gasteiger partial charge in [0.25, 0.3) is 0 Å². The van der Waals surface area contributed by atoms with Gasteiger partial charge in [-0.1, -0.05) is 49.4 Å². The highest BCUT2D eigenvalue weighted by Gasteiger charge is 2.04. The monoisotopic (exact) mass is 344 g/mol. The molecule has 132 valence electrons. The van der Waals surface area contributed by atoms with Crippen LogP contribution in [0.3, 0.4) is 0 Å². The van der Waals surface area contributed by atoms with Gasteiger partial charge >= 0.3 is 0 Å². The van der Waals surface area contributed by atoms with Crippen LogP contribution in [0.1, 0.15) is 13.3 Å². The molecule has 0 aliphatic heterocycles. The zero-order chi connectivity index (χ0) is 18.8. The smallest absolute Gasteiger partial charge is 0.0865 e. The Hall–Kier alpha value is -3.40. The van der Waals surface area contributed by atoms with E-state index in [0.29, 0.717) is 22.7 Å². The standard InChI is InChI=1S/C22H24N4/c1-3-4-5-6-7-8-9-14-26-22-16-18(10-12-19(22)23)17-11-13-21(25-2)20(24)15-17/h4-16H,2-3,23-24H2,1H3/b5-4-,7-6-,9-8+,26-14?. The van der Waals surface area contributed by atoms with Crippen molar-refractivity contribution in [2.45, 2.75) is 13.3 Å². The minimum Gasteiger partial charge on any atom is -0.397 e. The number of allylic oxidation sites excluding steroid dienone is 6. The van der Waals surface area contributed by atoms with Gasteiger partial charge in [0, 0.05) is 6.21 Å². The molecule has 2 rings (SSSR count). The number of anilines is 2. The van der Waals surface area contributed by atoms with Crippen LogP contribution in [-0.4, -0.2) is 12.9 Å². The molecule has 0 heterocycles. The van der Waals surface area contributed by atoms with E-state index >= 15 is 0 Å². The van der Waals surface area contributed by atoms with Crippen molar-refractivity contribution in [3.05, 3.63) is 72.9 Å². The Kier molecular flexibility index (Phi) is 7.13. The van der Waals surface area contributed by atoms with Crippen molar-refractivity contribution in [2.75, 3.05) is 11.5 Å². The van der Waals surface area contributed by atoms with Gasteiger partial charge in [0.15, 0.2) is 0 Å². The second kappa shape index (κ2) is 9.79. The van der Waals surface area contributed by atoms with E-state index in [2.05, 4.69) is 29.7 Å². The Labute approximate surface area is 155 Å². The molecule has 0 aromatic heterocycles.